The second kappa shape index (κ2) is 7.83. The summed E-state index contributed by atoms with van der Waals surface area (Å²) in [5.41, 5.74) is -0.211. The zero-order chi connectivity index (χ0) is 17.7. The highest BCUT2D eigenvalue weighted by Crippen LogP contribution is 2.37. The molecule has 5 nitrogen and oxygen atoms in total. The van der Waals surface area contributed by atoms with Gasteiger partial charge in [-0.1, -0.05) is 19.3 Å². The minimum absolute atomic E-state index is 0.126. The Hall–Kier alpha value is -2.13. The van der Waals surface area contributed by atoms with Gasteiger partial charge in [-0.05, 0) is 43.9 Å². The zero-order valence-electron chi connectivity index (χ0n) is 14.3. The summed E-state index contributed by atoms with van der Waals surface area (Å²) in [5, 5.41) is 15.2. The Labute approximate surface area is 147 Å². The Morgan fingerprint density at radius 1 is 1.32 bits per heavy atom. The van der Waals surface area contributed by atoms with Gasteiger partial charge < -0.3 is 15.4 Å². The van der Waals surface area contributed by atoms with Gasteiger partial charge in [0, 0.05) is 18.8 Å². The van der Waals surface area contributed by atoms with Crippen molar-refractivity contribution in [1.29, 1.82) is 5.26 Å². The third-order valence-electron chi connectivity index (χ3n) is 5.13. The molecular weight excluding hydrogens is 321 g/mol. The summed E-state index contributed by atoms with van der Waals surface area (Å²) < 4.78 is 19.8. The summed E-state index contributed by atoms with van der Waals surface area (Å²) in [5.74, 6) is -0.750. The highest BCUT2D eigenvalue weighted by molar-refractivity contribution is 5.97. The van der Waals surface area contributed by atoms with E-state index in [1.807, 2.05) is 0 Å². The van der Waals surface area contributed by atoms with Gasteiger partial charge in [-0.3, -0.25) is 4.79 Å². The summed E-state index contributed by atoms with van der Waals surface area (Å²) in [7, 11) is 0. The van der Waals surface area contributed by atoms with Crippen molar-refractivity contribution in [3.8, 4) is 6.07 Å². The summed E-state index contributed by atoms with van der Waals surface area (Å²) in [6.45, 7) is 1.33. The molecule has 2 N–H and O–H groups in total. The van der Waals surface area contributed by atoms with E-state index in [0.29, 0.717) is 30.8 Å². The van der Waals surface area contributed by atoms with Gasteiger partial charge in [0.15, 0.2) is 0 Å². The Bertz CT molecular complexity index is 659. The van der Waals surface area contributed by atoms with Crippen LogP contribution >= 0.6 is 0 Å². The van der Waals surface area contributed by atoms with Crippen LogP contribution in [0.2, 0.25) is 0 Å². The van der Waals surface area contributed by atoms with Crippen LogP contribution in [0, 0.1) is 22.6 Å². The lowest BCUT2D eigenvalue weighted by atomic mass is 9.74. The number of hydrogen-bond donors (Lipinski definition) is 2. The van der Waals surface area contributed by atoms with E-state index in [1.165, 1.54) is 6.07 Å². The Kier molecular flexibility index (Phi) is 5.54. The number of benzene rings is 1. The molecule has 1 aliphatic heterocycles. The maximum Gasteiger partial charge on any atom is 0.244 e. The molecule has 1 saturated carbocycles. The molecule has 134 valence electrons. The van der Waals surface area contributed by atoms with Gasteiger partial charge in [-0.25, -0.2) is 4.39 Å². The molecule has 6 heteroatoms. The molecule has 3 rings (SSSR count). The van der Waals surface area contributed by atoms with E-state index in [-0.39, 0.29) is 12.0 Å². The highest BCUT2D eigenvalue weighted by atomic mass is 19.1. The molecule has 0 aromatic heterocycles. The molecule has 0 spiro atoms. The molecule has 25 heavy (non-hydrogen) atoms. The highest BCUT2D eigenvalue weighted by Gasteiger charge is 2.39. The molecular formula is C19H24FN3O2. The number of hydrogen-bond acceptors (Lipinski definition) is 4. The molecule has 0 radical (unpaired) electrons. The van der Waals surface area contributed by atoms with Gasteiger partial charge >= 0.3 is 0 Å². The van der Waals surface area contributed by atoms with Crippen LogP contribution < -0.4 is 10.6 Å². The number of rotatable bonds is 5. The first kappa shape index (κ1) is 17.7. The predicted octanol–water partition coefficient (Wildman–Crippen LogP) is 3.83. The van der Waals surface area contributed by atoms with Gasteiger partial charge in [0.05, 0.1) is 17.9 Å². The first-order valence-electron chi connectivity index (χ1n) is 9.01. The fraction of sp³-hybridized carbons (Fsp3) is 0.579. The van der Waals surface area contributed by atoms with Crippen LogP contribution in [0.3, 0.4) is 0 Å². The molecule has 1 saturated heterocycles. The van der Waals surface area contributed by atoms with Crippen molar-refractivity contribution in [3.05, 3.63) is 24.0 Å². The van der Waals surface area contributed by atoms with E-state index in [2.05, 4.69) is 16.7 Å². The monoisotopic (exact) mass is 345 g/mol. The minimum atomic E-state index is -0.981. The van der Waals surface area contributed by atoms with Gasteiger partial charge in [0.2, 0.25) is 5.91 Å². The van der Waals surface area contributed by atoms with Crippen molar-refractivity contribution in [2.45, 2.75) is 51.0 Å². The summed E-state index contributed by atoms with van der Waals surface area (Å²) in [6, 6.07) is 6.75. The fourth-order valence-electron chi connectivity index (χ4n) is 3.56. The molecule has 1 amide bonds. The third-order valence-corrected chi connectivity index (χ3v) is 5.13. The average molecular weight is 345 g/mol. The summed E-state index contributed by atoms with van der Waals surface area (Å²) in [6.07, 6.45) is 6.09. The Morgan fingerprint density at radius 3 is 2.76 bits per heavy atom. The maximum absolute atomic E-state index is 14.3. The quantitative estimate of drug-likeness (QED) is 0.850. The van der Waals surface area contributed by atoms with Crippen LogP contribution in [0.4, 0.5) is 15.8 Å². The molecule has 1 heterocycles. The van der Waals surface area contributed by atoms with E-state index in [1.54, 1.807) is 12.1 Å². The zero-order valence-corrected chi connectivity index (χ0v) is 14.3. The van der Waals surface area contributed by atoms with Crippen molar-refractivity contribution >= 4 is 17.3 Å². The molecule has 0 bridgehead atoms. The second-order valence-electron chi connectivity index (χ2n) is 6.92. The SMILES string of the molecule is N#CC1(C(=O)Nc2ccc(NC[C@H]3CCCO3)c(F)c2)CCCCC1. The van der Waals surface area contributed by atoms with E-state index in [4.69, 9.17) is 4.74 Å². The van der Waals surface area contributed by atoms with Crippen molar-refractivity contribution in [1.82, 2.24) is 0 Å². The van der Waals surface area contributed by atoms with Crippen LogP contribution in [0.1, 0.15) is 44.9 Å². The standard InChI is InChI=1S/C19H24FN3O2/c20-16-11-14(6-7-17(16)22-12-15-5-4-10-25-15)23-18(24)19(13-21)8-2-1-3-9-19/h6-7,11,15,22H,1-5,8-10,12H2,(H,23,24)/t15-/m1/s1. The molecule has 1 aromatic carbocycles. The van der Waals surface area contributed by atoms with Gasteiger partial charge in [-0.15, -0.1) is 0 Å². The lowest BCUT2D eigenvalue weighted by Gasteiger charge is -2.29. The van der Waals surface area contributed by atoms with Crippen LogP contribution in [0.15, 0.2) is 18.2 Å². The number of nitriles is 1. The molecule has 2 aliphatic rings. The topological polar surface area (TPSA) is 74.2 Å². The third kappa shape index (κ3) is 4.10. The lowest BCUT2D eigenvalue weighted by molar-refractivity contribution is -0.124. The Balaban J connectivity index is 1.62. The van der Waals surface area contributed by atoms with Gasteiger partial charge in [-0.2, -0.15) is 5.26 Å². The number of amides is 1. The van der Waals surface area contributed by atoms with Crippen molar-refractivity contribution in [2.75, 3.05) is 23.8 Å². The number of anilines is 2. The number of halogens is 1. The minimum Gasteiger partial charge on any atom is -0.380 e. The average Bonchev–Trinajstić information content (AvgIpc) is 3.15. The van der Waals surface area contributed by atoms with Crippen molar-refractivity contribution < 1.29 is 13.9 Å². The van der Waals surface area contributed by atoms with Crippen molar-refractivity contribution in [2.24, 2.45) is 5.41 Å². The maximum atomic E-state index is 14.3. The number of nitrogens with one attached hydrogen (secondary N) is 2. The second-order valence-corrected chi connectivity index (χ2v) is 6.92. The van der Waals surface area contributed by atoms with E-state index in [9.17, 15) is 14.4 Å². The van der Waals surface area contributed by atoms with E-state index < -0.39 is 11.2 Å². The van der Waals surface area contributed by atoms with E-state index >= 15 is 0 Å². The fourth-order valence-corrected chi connectivity index (χ4v) is 3.56. The van der Waals surface area contributed by atoms with E-state index in [0.717, 1.165) is 38.7 Å². The number of nitrogens with zero attached hydrogens (tertiary/aromatic N) is 1. The molecule has 2 fully saturated rings. The number of carbonyl (C=O) groups excluding carboxylic acids is 1. The molecule has 0 unspecified atom stereocenters. The first-order valence-corrected chi connectivity index (χ1v) is 9.01. The van der Waals surface area contributed by atoms with Crippen LogP contribution in [-0.4, -0.2) is 25.2 Å². The predicted molar refractivity (Wildman–Crippen MR) is 93.6 cm³/mol. The number of ether oxygens (including phenoxy) is 1. The Morgan fingerprint density at radius 2 is 2.12 bits per heavy atom. The smallest absolute Gasteiger partial charge is 0.244 e. The van der Waals surface area contributed by atoms with Crippen LogP contribution in [0.5, 0.6) is 0 Å². The molecule has 1 aromatic rings. The molecule has 1 aliphatic carbocycles. The van der Waals surface area contributed by atoms with Crippen LogP contribution in [-0.2, 0) is 9.53 Å². The molecule has 1 atom stereocenters. The van der Waals surface area contributed by atoms with Crippen LogP contribution in [0.25, 0.3) is 0 Å². The summed E-state index contributed by atoms with van der Waals surface area (Å²) in [4.78, 5) is 12.5. The summed E-state index contributed by atoms with van der Waals surface area (Å²) >= 11 is 0. The first-order chi connectivity index (χ1) is 12.1. The normalized spacial score (nSPS) is 22.2. The largest absolute Gasteiger partial charge is 0.380 e. The van der Waals surface area contributed by atoms with Gasteiger partial charge in [0.25, 0.3) is 0 Å². The number of carbonyl (C=O) groups is 1. The van der Waals surface area contributed by atoms with Crippen molar-refractivity contribution in [3.63, 3.8) is 0 Å². The van der Waals surface area contributed by atoms with Gasteiger partial charge in [0.1, 0.15) is 11.2 Å². The lowest BCUT2D eigenvalue weighted by Crippen LogP contribution is -2.36.